The van der Waals surface area contributed by atoms with E-state index in [-0.39, 0.29) is 24.8 Å². The fourth-order valence-electron chi connectivity index (χ4n) is 4.30. The molecule has 1 fully saturated rings. The first kappa shape index (κ1) is 32.7. The SMILES string of the molecule is C[Si](C)(C)c1c[c-]c2c(c1)-c1cc([Si](C)(C)C)ccc1C2.[C-]1=CC=CC1.[Cl-].[Cl-].[Zr+2]=[C]1CCCCC1. The number of fused-ring (bicyclic) bond motifs is 3. The molecule has 0 spiro atoms. The molecule has 35 heavy (non-hydrogen) atoms. The molecule has 3 aliphatic rings. The van der Waals surface area contributed by atoms with E-state index in [2.05, 4.69) is 87.8 Å². The quantitative estimate of drug-likeness (QED) is 0.299. The third-order valence-electron chi connectivity index (χ3n) is 6.57. The average Bonchev–Trinajstić information content (AvgIpc) is 3.44. The molecule has 5 heteroatoms. The predicted octanol–water partition coefficient (Wildman–Crippen LogP) is 1.13. The molecule has 5 rings (SSSR count). The van der Waals surface area contributed by atoms with Crippen LogP contribution in [0, 0.1) is 12.1 Å². The van der Waals surface area contributed by atoms with E-state index in [9.17, 15) is 0 Å². The Bertz CT molecular complexity index is 964. The van der Waals surface area contributed by atoms with Crippen LogP contribution in [0.1, 0.15) is 49.7 Å². The molecule has 0 aromatic heterocycles. The van der Waals surface area contributed by atoms with Crippen LogP contribution < -0.4 is 35.2 Å². The maximum atomic E-state index is 3.58. The third-order valence-corrected chi connectivity index (χ3v) is 11.9. The summed E-state index contributed by atoms with van der Waals surface area (Å²) in [4.78, 5) is 0. The standard InChI is InChI=1S/C19H25Si2.C6H10.C5H5.2ClH.Zr/c1-20(2,3)16-9-7-14-11-15-8-10-17(21(4,5)6)13-19(15)18(14)12-16;1-2-4-6-5-3-1;1-2-4-5-3-1;;;/h7,9-10,12-13H,11H2,1-6H3;1-5H2;1-3H,4H2;2*1H;/q-1;;-1;;;+2/p-2. The number of hydrogen-bond acceptors (Lipinski definition) is 0. The maximum absolute atomic E-state index is 3.58. The first-order valence-corrected chi connectivity index (χ1v) is 20.8. The van der Waals surface area contributed by atoms with E-state index in [1.54, 1.807) is 32.6 Å². The summed E-state index contributed by atoms with van der Waals surface area (Å²) in [5.74, 6) is 0. The Kier molecular flexibility index (Phi) is 13.6. The van der Waals surface area contributed by atoms with Crippen molar-refractivity contribution < 1.29 is 49.0 Å². The summed E-state index contributed by atoms with van der Waals surface area (Å²) in [6.45, 7) is 14.5. The number of halogens is 2. The van der Waals surface area contributed by atoms with Gasteiger partial charge in [-0.05, 0) is 6.42 Å². The predicted molar refractivity (Wildman–Crippen MR) is 149 cm³/mol. The summed E-state index contributed by atoms with van der Waals surface area (Å²) in [7, 11) is -2.52. The van der Waals surface area contributed by atoms with Crippen LogP contribution in [0.15, 0.2) is 48.6 Å². The van der Waals surface area contributed by atoms with Crippen molar-refractivity contribution in [3.8, 4) is 11.1 Å². The van der Waals surface area contributed by atoms with Crippen LogP contribution in [0.2, 0.25) is 39.3 Å². The van der Waals surface area contributed by atoms with E-state index in [0.29, 0.717) is 0 Å². The second-order valence-corrected chi connectivity index (χ2v) is 23.4. The van der Waals surface area contributed by atoms with Crippen molar-refractivity contribution in [2.45, 2.75) is 84.2 Å². The second-order valence-electron chi connectivity index (χ2n) is 11.5. The van der Waals surface area contributed by atoms with Crippen LogP contribution >= 0.6 is 0 Å². The first-order chi connectivity index (χ1) is 15.6. The van der Waals surface area contributed by atoms with E-state index in [0.717, 1.165) is 12.8 Å². The van der Waals surface area contributed by atoms with Crippen LogP contribution in [0.4, 0.5) is 0 Å². The van der Waals surface area contributed by atoms with E-state index in [1.807, 2.05) is 12.2 Å². The Morgan fingerprint density at radius 2 is 1.43 bits per heavy atom. The Hall–Kier alpha value is -0.313. The zero-order valence-electron chi connectivity index (χ0n) is 22.3. The summed E-state index contributed by atoms with van der Waals surface area (Å²) >= 11 is 1.69. The summed E-state index contributed by atoms with van der Waals surface area (Å²) in [6, 6.07) is 15.5. The van der Waals surface area contributed by atoms with Gasteiger partial charge in [0.05, 0.1) is 8.07 Å². The van der Waals surface area contributed by atoms with Crippen LogP contribution in [-0.2, 0) is 30.7 Å². The van der Waals surface area contributed by atoms with Gasteiger partial charge in [0, 0.05) is 8.07 Å². The molecule has 0 radical (unpaired) electrons. The molecule has 2 aromatic carbocycles. The number of benzene rings is 2. The molecule has 0 unspecified atom stereocenters. The van der Waals surface area contributed by atoms with Gasteiger partial charge in [-0.25, -0.2) is 12.2 Å². The minimum absolute atomic E-state index is 0. The summed E-state index contributed by atoms with van der Waals surface area (Å²) in [6.07, 6.45) is 18.4. The Balaban J connectivity index is 0.000000360. The van der Waals surface area contributed by atoms with Crippen LogP contribution in [0.3, 0.4) is 0 Å². The molecule has 0 nitrogen and oxygen atoms in total. The molecule has 0 N–H and O–H groups in total. The van der Waals surface area contributed by atoms with Crippen molar-refractivity contribution in [3.05, 3.63) is 71.8 Å². The molecule has 0 heterocycles. The van der Waals surface area contributed by atoms with E-state index in [4.69, 9.17) is 0 Å². The molecular formula is C30H40Cl2Si2Zr-2. The van der Waals surface area contributed by atoms with Gasteiger partial charge in [-0.15, -0.1) is 12.0 Å². The third kappa shape index (κ3) is 9.82. The molecule has 0 amide bonds. The molecule has 0 saturated heterocycles. The monoisotopic (exact) mass is 616 g/mol. The molecule has 0 atom stereocenters. The van der Waals surface area contributed by atoms with E-state index in [1.165, 1.54) is 59.5 Å². The van der Waals surface area contributed by atoms with Crippen LogP contribution in [0.5, 0.6) is 0 Å². The van der Waals surface area contributed by atoms with Gasteiger partial charge in [0.2, 0.25) is 0 Å². The first-order valence-electron chi connectivity index (χ1n) is 12.5. The molecular weight excluding hydrogens is 579 g/mol. The van der Waals surface area contributed by atoms with Gasteiger partial charge >= 0.3 is 59.5 Å². The van der Waals surface area contributed by atoms with Crippen molar-refractivity contribution in [1.29, 1.82) is 0 Å². The Morgan fingerprint density at radius 1 is 0.800 bits per heavy atom. The zero-order chi connectivity index (χ0) is 24.1. The average molecular weight is 619 g/mol. The van der Waals surface area contributed by atoms with E-state index < -0.39 is 16.1 Å². The molecule has 2 aromatic rings. The topological polar surface area (TPSA) is 0 Å². The number of allylic oxidation sites excluding steroid dienone is 4. The van der Waals surface area contributed by atoms with Crippen molar-refractivity contribution in [1.82, 2.24) is 0 Å². The Labute approximate surface area is 244 Å². The van der Waals surface area contributed by atoms with Gasteiger partial charge in [0.1, 0.15) is 0 Å². The second kappa shape index (κ2) is 14.6. The summed E-state index contributed by atoms with van der Waals surface area (Å²) in [5, 5.41) is 3.08. The van der Waals surface area contributed by atoms with Crippen LogP contribution in [-0.4, -0.2) is 19.4 Å². The van der Waals surface area contributed by atoms with Gasteiger partial charge < -0.3 is 24.8 Å². The van der Waals surface area contributed by atoms with Gasteiger partial charge in [0.25, 0.3) is 0 Å². The normalized spacial score (nSPS) is 15.5. The molecule has 3 aliphatic carbocycles. The van der Waals surface area contributed by atoms with Crippen molar-refractivity contribution >= 4 is 29.7 Å². The van der Waals surface area contributed by atoms with Gasteiger partial charge in [-0.2, -0.15) is 35.0 Å². The fourth-order valence-corrected chi connectivity index (χ4v) is 7.42. The molecule has 1 saturated carbocycles. The van der Waals surface area contributed by atoms with Crippen LogP contribution in [0.25, 0.3) is 11.1 Å². The Morgan fingerprint density at radius 3 is 1.89 bits per heavy atom. The minimum atomic E-state index is -1.27. The molecule has 0 bridgehead atoms. The fraction of sp³-hybridized carbons (Fsp3) is 0.433. The van der Waals surface area contributed by atoms with Gasteiger partial charge in [-0.3, -0.25) is 6.08 Å². The van der Waals surface area contributed by atoms with Crippen molar-refractivity contribution in [2.75, 3.05) is 0 Å². The van der Waals surface area contributed by atoms with Crippen molar-refractivity contribution in [3.63, 3.8) is 0 Å². The summed E-state index contributed by atoms with van der Waals surface area (Å²) in [5.41, 5.74) is 5.79. The van der Waals surface area contributed by atoms with Gasteiger partial charge in [0.15, 0.2) is 0 Å². The molecule has 0 aliphatic heterocycles. The van der Waals surface area contributed by atoms with E-state index >= 15 is 0 Å². The van der Waals surface area contributed by atoms with Crippen molar-refractivity contribution in [2.24, 2.45) is 0 Å². The number of rotatable bonds is 2. The number of hydrogen-bond donors (Lipinski definition) is 0. The van der Waals surface area contributed by atoms with Gasteiger partial charge in [-0.1, -0.05) is 73.8 Å². The molecule has 188 valence electrons. The summed E-state index contributed by atoms with van der Waals surface area (Å²) < 4.78 is 1.80. The zero-order valence-corrected chi connectivity index (χ0v) is 28.3.